The molecule has 140 valence electrons. The van der Waals surface area contributed by atoms with E-state index < -0.39 is 10.0 Å². The minimum atomic E-state index is -3.25. The first-order valence-electron chi connectivity index (χ1n) is 8.33. The number of benzene rings is 1. The van der Waals surface area contributed by atoms with Gasteiger partial charge in [0.15, 0.2) is 0 Å². The topological polar surface area (TPSA) is 93.5 Å². The largest absolute Gasteiger partial charge is 0.374 e. The molecule has 0 spiro atoms. The molecule has 1 unspecified atom stereocenters. The Bertz CT molecular complexity index is 851. The number of morpholine rings is 1. The minimum absolute atomic E-state index is 0.242. The smallest absolute Gasteiger partial charge is 0.254 e. The Labute approximate surface area is 152 Å². The summed E-state index contributed by atoms with van der Waals surface area (Å²) < 4.78 is 31.8. The second-order valence-electron chi connectivity index (χ2n) is 6.24. The number of hydrogen-bond acceptors (Lipinski definition) is 5. The van der Waals surface area contributed by atoms with Gasteiger partial charge < -0.3 is 10.1 Å². The van der Waals surface area contributed by atoms with Gasteiger partial charge in [-0.1, -0.05) is 30.3 Å². The predicted molar refractivity (Wildman–Crippen MR) is 96.3 cm³/mol. The Kier molecular flexibility index (Phi) is 5.70. The second kappa shape index (κ2) is 7.98. The molecule has 1 aliphatic heterocycles. The molecule has 1 aromatic heterocycles. The molecule has 1 saturated heterocycles. The summed E-state index contributed by atoms with van der Waals surface area (Å²) in [6.07, 6.45) is 4.02. The highest BCUT2D eigenvalue weighted by molar-refractivity contribution is 7.88. The van der Waals surface area contributed by atoms with E-state index in [0.29, 0.717) is 25.3 Å². The van der Waals surface area contributed by atoms with Crippen LogP contribution in [-0.2, 0) is 21.3 Å². The van der Waals surface area contributed by atoms with Gasteiger partial charge in [-0.25, -0.2) is 8.42 Å². The van der Waals surface area contributed by atoms with Gasteiger partial charge in [0.1, 0.15) is 0 Å². The summed E-state index contributed by atoms with van der Waals surface area (Å²) in [6.45, 7) is 1.74. The third-order valence-corrected chi connectivity index (χ3v) is 5.41. The first-order valence-corrected chi connectivity index (χ1v) is 10.2. The highest BCUT2D eigenvalue weighted by atomic mass is 32.2. The molecular weight excluding hydrogens is 356 g/mol. The number of aromatic nitrogens is 2. The third-order valence-electron chi connectivity index (χ3n) is 4.14. The number of ether oxygens (including phenoxy) is 1. The standard InChI is InChI=1S/C17H22N4O4S/c1-26(23,24)21-7-8-25-16(13-21)10-18-17(22)15-9-19-20(12-15)11-14-5-3-2-4-6-14/h2-6,9,12,16H,7-8,10-11,13H2,1H3,(H,18,22). The van der Waals surface area contributed by atoms with Crippen molar-refractivity contribution in [2.75, 3.05) is 32.5 Å². The summed E-state index contributed by atoms with van der Waals surface area (Å²) in [6, 6.07) is 9.85. The Morgan fingerprint density at radius 2 is 2.12 bits per heavy atom. The molecule has 1 fully saturated rings. The van der Waals surface area contributed by atoms with Crippen molar-refractivity contribution in [3.63, 3.8) is 0 Å². The minimum Gasteiger partial charge on any atom is -0.374 e. The van der Waals surface area contributed by atoms with E-state index in [1.165, 1.54) is 16.8 Å². The van der Waals surface area contributed by atoms with E-state index in [9.17, 15) is 13.2 Å². The van der Waals surface area contributed by atoms with Crippen LogP contribution in [0.15, 0.2) is 42.7 Å². The lowest BCUT2D eigenvalue weighted by Crippen LogP contribution is -2.49. The number of rotatable bonds is 6. The number of carbonyl (C=O) groups is 1. The molecule has 3 rings (SSSR count). The van der Waals surface area contributed by atoms with Crippen LogP contribution >= 0.6 is 0 Å². The van der Waals surface area contributed by atoms with Crippen molar-refractivity contribution in [2.45, 2.75) is 12.6 Å². The van der Waals surface area contributed by atoms with Crippen molar-refractivity contribution in [3.05, 3.63) is 53.9 Å². The van der Waals surface area contributed by atoms with Crippen molar-refractivity contribution in [2.24, 2.45) is 0 Å². The van der Waals surface area contributed by atoms with Crippen molar-refractivity contribution >= 4 is 15.9 Å². The van der Waals surface area contributed by atoms with Crippen LogP contribution in [0.25, 0.3) is 0 Å². The van der Waals surface area contributed by atoms with Crippen LogP contribution in [-0.4, -0.2) is 67.0 Å². The van der Waals surface area contributed by atoms with Crippen LogP contribution in [0.1, 0.15) is 15.9 Å². The molecule has 8 nitrogen and oxygen atoms in total. The summed E-state index contributed by atoms with van der Waals surface area (Å²) in [5, 5.41) is 6.99. The maximum absolute atomic E-state index is 12.3. The van der Waals surface area contributed by atoms with Gasteiger partial charge in [0.2, 0.25) is 10.0 Å². The van der Waals surface area contributed by atoms with Crippen molar-refractivity contribution in [3.8, 4) is 0 Å². The Hall–Kier alpha value is -2.23. The van der Waals surface area contributed by atoms with E-state index in [0.717, 1.165) is 5.56 Å². The number of nitrogens with zero attached hydrogens (tertiary/aromatic N) is 3. The molecule has 1 aromatic carbocycles. The maximum Gasteiger partial charge on any atom is 0.254 e. The summed E-state index contributed by atoms with van der Waals surface area (Å²) in [4.78, 5) is 12.3. The molecule has 2 heterocycles. The number of carbonyl (C=O) groups excluding carboxylic acids is 1. The maximum atomic E-state index is 12.3. The van der Waals surface area contributed by atoms with Gasteiger partial charge in [-0.05, 0) is 5.56 Å². The third kappa shape index (κ3) is 4.90. The molecule has 1 N–H and O–H groups in total. The van der Waals surface area contributed by atoms with Crippen LogP contribution in [0.5, 0.6) is 0 Å². The zero-order valence-corrected chi connectivity index (χ0v) is 15.4. The van der Waals surface area contributed by atoms with E-state index in [1.807, 2.05) is 30.3 Å². The first-order chi connectivity index (χ1) is 12.4. The lowest BCUT2D eigenvalue weighted by Gasteiger charge is -2.31. The van der Waals surface area contributed by atoms with Gasteiger partial charge in [0, 0.05) is 25.8 Å². The number of hydrogen-bond donors (Lipinski definition) is 1. The highest BCUT2D eigenvalue weighted by Crippen LogP contribution is 2.09. The predicted octanol–water partition coefficient (Wildman–Crippen LogP) is 0.322. The van der Waals surface area contributed by atoms with Crippen LogP contribution in [0.2, 0.25) is 0 Å². The van der Waals surface area contributed by atoms with Gasteiger partial charge >= 0.3 is 0 Å². The summed E-state index contributed by atoms with van der Waals surface area (Å²) in [7, 11) is -3.25. The average molecular weight is 378 g/mol. The second-order valence-corrected chi connectivity index (χ2v) is 8.22. The molecule has 26 heavy (non-hydrogen) atoms. The zero-order chi connectivity index (χ0) is 18.6. The van der Waals surface area contributed by atoms with Crippen molar-refractivity contribution in [1.82, 2.24) is 19.4 Å². The average Bonchev–Trinajstić information content (AvgIpc) is 3.09. The lowest BCUT2D eigenvalue weighted by molar-refractivity contribution is 0.000438. The van der Waals surface area contributed by atoms with Gasteiger partial charge in [-0.15, -0.1) is 0 Å². The van der Waals surface area contributed by atoms with Crippen LogP contribution in [0, 0.1) is 0 Å². The van der Waals surface area contributed by atoms with E-state index in [2.05, 4.69) is 10.4 Å². The lowest BCUT2D eigenvalue weighted by atomic mass is 10.2. The zero-order valence-electron chi connectivity index (χ0n) is 14.5. The van der Waals surface area contributed by atoms with Gasteiger partial charge in [0.25, 0.3) is 5.91 Å². The Morgan fingerprint density at radius 1 is 1.35 bits per heavy atom. The van der Waals surface area contributed by atoms with Gasteiger partial charge in [-0.2, -0.15) is 9.40 Å². The van der Waals surface area contributed by atoms with Crippen molar-refractivity contribution in [1.29, 1.82) is 0 Å². The molecule has 0 bridgehead atoms. The van der Waals surface area contributed by atoms with Crippen LogP contribution in [0.3, 0.4) is 0 Å². The van der Waals surface area contributed by atoms with Gasteiger partial charge in [-0.3, -0.25) is 9.48 Å². The first kappa shape index (κ1) is 18.6. The fourth-order valence-electron chi connectivity index (χ4n) is 2.76. The van der Waals surface area contributed by atoms with E-state index >= 15 is 0 Å². The number of nitrogens with one attached hydrogen (secondary N) is 1. The van der Waals surface area contributed by atoms with Crippen LogP contribution < -0.4 is 5.32 Å². The molecule has 9 heteroatoms. The fraction of sp³-hybridized carbons (Fsp3) is 0.412. The molecule has 1 aliphatic rings. The summed E-state index contributed by atoms with van der Waals surface area (Å²) >= 11 is 0. The highest BCUT2D eigenvalue weighted by Gasteiger charge is 2.26. The summed E-state index contributed by atoms with van der Waals surface area (Å²) in [5.41, 5.74) is 1.55. The Morgan fingerprint density at radius 3 is 2.85 bits per heavy atom. The molecule has 1 atom stereocenters. The van der Waals surface area contributed by atoms with Crippen LogP contribution in [0.4, 0.5) is 0 Å². The molecular formula is C17H22N4O4S. The fourth-order valence-corrected chi connectivity index (χ4v) is 3.61. The number of sulfonamides is 1. The van der Waals surface area contributed by atoms with Gasteiger partial charge in [0.05, 0.1) is 37.3 Å². The quantitative estimate of drug-likeness (QED) is 0.781. The SMILES string of the molecule is CS(=O)(=O)N1CCOC(CNC(=O)c2cnn(Cc3ccccc3)c2)C1. The molecule has 2 aromatic rings. The molecule has 1 amide bonds. The van der Waals surface area contributed by atoms with E-state index in [1.54, 1.807) is 10.9 Å². The molecule has 0 saturated carbocycles. The van der Waals surface area contributed by atoms with E-state index in [-0.39, 0.29) is 25.1 Å². The molecule has 0 aliphatic carbocycles. The Balaban J connectivity index is 1.52. The summed E-state index contributed by atoms with van der Waals surface area (Å²) in [5.74, 6) is -0.260. The molecule has 0 radical (unpaired) electrons. The van der Waals surface area contributed by atoms with Crippen molar-refractivity contribution < 1.29 is 17.9 Å². The number of amides is 1. The normalized spacial score (nSPS) is 18.6. The monoisotopic (exact) mass is 378 g/mol. The van der Waals surface area contributed by atoms with E-state index in [4.69, 9.17) is 4.74 Å².